The summed E-state index contributed by atoms with van der Waals surface area (Å²) < 4.78 is 0. The number of halogens is 1. The minimum atomic E-state index is 0.438. The van der Waals surface area contributed by atoms with Gasteiger partial charge < -0.3 is 5.32 Å². The fourth-order valence-corrected chi connectivity index (χ4v) is 2.11. The molecule has 0 saturated carbocycles. The quantitative estimate of drug-likeness (QED) is 0.691. The van der Waals surface area contributed by atoms with Crippen LogP contribution in [0.2, 0.25) is 5.02 Å². The molecule has 0 unspecified atom stereocenters. The van der Waals surface area contributed by atoms with Crippen LogP contribution in [0, 0.1) is 11.3 Å². The maximum absolute atomic E-state index is 10.8. The van der Waals surface area contributed by atoms with Gasteiger partial charge in [0.2, 0.25) is 0 Å². The molecule has 1 heterocycles. The molecule has 0 bridgehead atoms. The molecule has 0 spiro atoms. The molecule has 2 rings (SSSR count). The van der Waals surface area contributed by atoms with Gasteiger partial charge in [-0.15, -0.1) is 0 Å². The van der Waals surface area contributed by atoms with Gasteiger partial charge in [-0.3, -0.25) is 0 Å². The summed E-state index contributed by atoms with van der Waals surface area (Å²) in [6.07, 6.45) is 0.698. The van der Waals surface area contributed by atoms with E-state index in [2.05, 4.69) is 11.4 Å². The second-order valence-electron chi connectivity index (χ2n) is 3.57. The van der Waals surface area contributed by atoms with Crippen molar-refractivity contribution in [2.24, 2.45) is 0 Å². The first-order chi connectivity index (χ1) is 7.77. The van der Waals surface area contributed by atoms with Gasteiger partial charge in [-0.05, 0) is 30.2 Å². The predicted molar refractivity (Wildman–Crippen MR) is 61.8 cm³/mol. The molecule has 1 aliphatic rings. The highest BCUT2D eigenvalue weighted by atomic mass is 35.5. The second kappa shape index (κ2) is 4.51. The van der Waals surface area contributed by atoms with E-state index >= 15 is 0 Å². The zero-order valence-electron chi connectivity index (χ0n) is 8.51. The molecule has 0 radical (unpaired) electrons. The lowest BCUT2D eigenvalue weighted by Crippen LogP contribution is -2.16. The number of hydrogen-bond donors (Lipinski definition) is 1. The van der Waals surface area contributed by atoms with Gasteiger partial charge in [0, 0.05) is 6.54 Å². The highest BCUT2D eigenvalue weighted by molar-refractivity contribution is 6.32. The van der Waals surface area contributed by atoms with Crippen molar-refractivity contribution in [1.82, 2.24) is 5.32 Å². The molecule has 1 N–H and O–H groups in total. The summed E-state index contributed by atoms with van der Waals surface area (Å²) in [5.41, 5.74) is 2.66. The Morgan fingerprint density at radius 3 is 2.94 bits per heavy atom. The predicted octanol–water partition coefficient (Wildman–Crippen LogP) is 1.57. The number of rotatable bonds is 0. The lowest BCUT2D eigenvalue weighted by molar-refractivity contribution is 0.569. The zero-order chi connectivity index (χ0) is 11.5. The Balaban J connectivity index is 2.71. The van der Waals surface area contributed by atoms with Crippen LogP contribution < -0.4 is 5.32 Å². The second-order valence-corrected chi connectivity index (χ2v) is 3.97. The van der Waals surface area contributed by atoms with Crippen LogP contribution in [0.4, 0.5) is 0 Å². The maximum atomic E-state index is 10.8. The van der Waals surface area contributed by atoms with Crippen molar-refractivity contribution in [2.45, 2.75) is 6.42 Å². The zero-order valence-corrected chi connectivity index (χ0v) is 9.27. The minimum Gasteiger partial charge on any atom is -0.312 e. The summed E-state index contributed by atoms with van der Waals surface area (Å²) in [6, 6.07) is 5.53. The Bertz CT molecular complexity index is 525. The molecular weight excluding hydrogens is 224 g/mol. The summed E-state index contributed by atoms with van der Waals surface area (Å²) >= 11 is 5.95. The van der Waals surface area contributed by atoms with Crippen molar-refractivity contribution in [3.8, 4) is 6.07 Å². The van der Waals surface area contributed by atoms with Gasteiger partial charge in [-0.25, -0.2) is 4.79 Å². The van der Waals surface area contributed by atoms with Crippen molar-refractivity contribution in [3.63, 3.8) is 0 Å². The molecule has 0 aromatic heterocycles. The van der Waals surface area contributed by atoms with Gasteiger partial charge in [0.25, 0.3) is 0 Å². The van der Waals surface area contributed by atoms with E-state index in [1.807, 2.05) is 5.94 Å². The van der Waals surface area contributed by atoms with Gasteiger partial charge in [-0.2, -0.15) is 5.26 Å². The number of benzene rings is 1. The van der Waals surface area contributed by atoms with Crippen molar-refractivity contribution < 1.29 is 4.79 Å². The number of nitrogens with one attached hydrogen (secondary N) is 1. The van der Waals surface area contributed by atoms with Crippen LogP contribution in [-0.2, 0) is 11.2 Å². The topological polar surface area (TPSA) is 52.9 Å². The third-order valence-electron chi connectivity index (χ3n) is 2.68. The van der Waals surface area contributed by atoms with Gasteiger partial charge in [0.05, 0.1) is 16.2 Å². The van der Waals surface area contributed by atoms with Crippen molar-refractivity contribution in [3.05, 3.63) is 33.8 Å². The summed E-state index contributed by atoms with van der Waals surface area (Å²) in [5, 5.41) is 12.6. The molecule has 3 nitrogen and oxygen atoms in total. The normalized spacial score (nSPS) is 14.6. The van der Waals surface area contributed by atoms with Crippen molar-refractivity contribution in [2.75, 3.05) is 13.1 Å². The number of carbonyl (C=O) groups excluding carboxylic acids is 1. The van der Waals surface area contributed by atoms with Gasteiger partial charge in [0.1, 0.15) is 12.0 Å². The fraction of sp³-hybridized carbons (Fsp3) is 0.250. The van der Waals surface area contributed by atoms with Crippen LogP contribution in [-0.4, -0.2) is 19.0 Å². The molecule has 0 saturated heterocycles. The van der Waals surface area contributed by atoms with Gasteiger partial charge >= 0.3 is 0 Å². The molecular formula is C12H9ClN2O. The van der Waals surface area contributed by atoms with Gasteiger partial charge in [-0.1, -0.05) is 17.7 Å². The first-order valence-electron chi connectivity index (χ1n) is 4.94. The molecule has 4 heteroatoms. The van der Waals surface area contributed by atoms with Crippen LogP contribution in [0.1, 0.15) is 16.7 Å². The third-order valence-corrected chi connectivity index (χ3v) is 2.99. The average molecular weight is 233 g/mol. The molecule has 1 aromatic rings. The van der Waals surface area contributed by atoms with Gasteiger partial charge in [0.15, 0.2) is 0 Å². The van der Waals surface area contributed by atoms with E-state index < -0.39 is 0 Å². The van der Waals surface area contributed by atoms with Crippen molar-refractivity contribution in [1.29, 1.82) is 5.26 Å². The first-order valence-corrected chi connectivity index (χ1v) is 5.32. The Hall–Kier alpha value is -1.59. The molecule has 80 valence electrons. The molecule has 0 amide bonds. The summed E-state index contributed by atoms with van der Waals surface area (Å²) in [7, 11) is 0. The van der Waals surface area contributed by atoms with E-state index in [-0.39, 0.29) is 0 Å². The van der Waals surface area contributed by atoms with E-state index in [1.165, 1.54) is 0 Å². The summed E-state index contributed by atoms with van der Waals surface area (Å²) in [6.45, 7) is 1.22. The lowest BCUT2D eigenvalue weighted by Gasteiger charge is -2.08. The van der Waals surface area contributed by atoms with Crippen LogP contribution in [0.3, 0.4) is 0 Å². The average Bonchev–Trinajstić information content (AvgIpc) is 2.50. The van der Waals surface area contributed by atoms with E-state index in [9.17, 15) is 4.79 Å². The Morgan fingerprint density at radius 1 is 1.44 bits per heavy atom. The van der Waals surface area contributed by atoms with Crippen molar-refractivity contribution >= 4 is 23.1 Å². The standard InChI is InChI=1S/C12H9ClN2O/c13-12-2-1-9-8(7-16)6-15-4-3-10(9)11(12)5-14/h1-2,15H,3-4,6H2. The Morgan fingerprint density at radius 2 is 2.25 bits per heavy atom. The molecule has 1 aromatic carbocycles. The highest BCUT2D eigenvalue weighted by Gasteiger charge is 2.18. The van der Waals surface area contributed by atoms with Crippen LogP contribution in [0.5, 0.6) is 0 Å². The van der Waals surface area contributed by atoms with Crippen LogP contribution >= 0.6 is 11.6 Å². The smallest absolute Gasteiger partial charge is 0.129 e. The van der Waals surface area contributed by atoms with E-state index in [1.54, 1.807) is 12.1 Å². The molecule has 0 fully saturated rings. The lowest BCUT2D eigenvalue weighted by atomic mass is 9.95. The molecule has 0 atom stereocenters. The van der Waals surface area contributed by atoms with Crippen LogP contribution in [0.15, 0.2) is 12.1 Å². The number of nitrogens with zero attached hydrogens (tertiary/aromatic N) is 1. The van der Waals surface area contributed by atoms with Crippen LogP contribution in [0.25, 0.3) is 5.57 Å². The summed E-state index contributed by atoms with van der Waals surface area (Å²) in [4.78, 5) is 10.8. The maximum Gasteiger partial charge on any atom is 0.129 e. The van der Waals surface area contributed by atoms with E-state index in [0.29, 0.717) is 29.1 Å². The Labute approximate surface area is 98.3 Å². The molecule has 0 aliphatic carbocycles. The monoisotopic (exact) mass is 232 g/mol. The number of fused-ring (bicyclic) bond motifs is 1. The third kappa shape index (κ3) is 1.75. The minimum absolute atomic E-state index is 0.438. The Kier molecular flexibility index (Phi) is 3.07. The van der Waals surface area contributed by atoms with E-state index in [4.69, 9.17) is 16.9 Å². The molecule has 16 heavy (non-hydrogen) atoms. The molecule has 1 aliphatic heterocycles. The number of nitriles is 1. The fourth-order valence-electron chi connectivity index (χ4n) is 1.90. The highest BCUT2D eigenvalue weighted by Crippen LogP contribution is 2.28. The first kappa shape index (κ1) is 10.9. The largest absolute Gasteiger partial charge is 0.312 e. The summed E-state index contributed by atoms with van der Waals surface area (Å²) in [5.74, 6) is 1.92. The van der Waals surface area contributed by atoms with E-state index in [0.717, 1.165) is 17.7 Å². The SMILES string of the molecule is N#Cc1c(Cl)ccc2c1CCNCC2=C=O. The number of hydrogen-bond acceptors (Lipinski definition) is 3.